The molecule has 1 saturated heterocycles. The van der Waals surface area contributed by atoms with Crippen LogP contribution in [0.1, 0.15) is 24.0 Å². The van der Waals surface area contributed by atoms with Crippen molar-refractivity contribution in [3.05, 3.63) is 82.1 Å². The number of nitro benzene ring substituents is 1. The second-order valence-corrected chi connectivity index (χ2v) is 7.08. The van der Waals surface area contributed by atoms with E-state index in [1.165, 1.54) is 6.07 Å². The van der Waals surface area contributed by atoms with E-state index in [4.69, 9.17) is 19.0 Å². The summed E-state index contributed by atoms with van der Waals surface area (Å²) in [6, 6.07) is 18.2. The normalized spacial score (nSPS) is 14.9. The van der Waals surface area contributed by atoms with E-state index in [1.54, 1.807) is 16.8 Å². The van der Waals surface area contributed by atoms with Gasteiger partial charge in [0.15, 0.2) is 11.5 Å². The van der Waals surface area contributed by atoms with E-state index in [1.807, 2.05) is 42.5 Å². The van der Waals surface area contributed by atoms with Gasteiger partial charge in [-0.05, 0) is 30.2 Å². The highest BCUT2D eigenvalue weighted by atomic mass is 16.7. The van der Waals surface area contributed by atoms with Gasteiger partial charge in [-0.25, -0.2) is 0 Å². The number of benzene rings is 2. The minimum absolute atomic E-state index is 0.0207. The first kappa shape index (κ1) is 18.5. The standard InChI is InChI=1S/C22H19N3O5/c26-25(27)16-7-8-17-18(13-16)24(14-15-5-2-1-3-6-15)23-21(17)19-9-10-20(30-19)22-28-11-4-12-29-22/h1-3,5-10,13,22H,4,11-12,14H2. The SMILES string of the molecule is O=[N+]([O-])c1ccc2c(-c3ccc(C4OCCCO4)o3)nn(Cc3ccccc3)c2c1. The van der Waals surface area contributed by atoms with E-state index in [0.717, 1.165) is 17.4 Å². The van der Waals surface area contributed by atoms with Crippen LogP contribution in [0.3, 0.4) is 0 Å². The van der Waals surface area contributed by atoms with Gasteiger partial charge in [-0.2, -0.15) is 5.10 Å². The fourth-order valence-corrected chi connectivity index (χ4v) is 3.59. The molecule has 1 aliphatic heterocycles. The molecule has 152 valence electrons. The van der Waals surface area contributed by atoms with Crippen LogP contribution in [0.15, 0.2) is 65.1 Å². The van der Waals surface area contributed by atoms with Crippen LogP contribution < -0.4 is 0 Å². The van der Waals surface area contributed by atoms with Gasteiger partial charge in [-0.15, -0.1) is 0 Å². The number of non-ortho nitro benzene ring substituents is 1. The van der Waals surface area contributed by atoms with E-state index >= 15 is 0 Å². The summed E-state index contributed by atoms with van der Waals surface area (Å²) in [4.78, 5) is 10.9. The molecule has 2 aromatic carbocycles. The molecule has 4 aromatic rings. The Morgan fingerprint density at radius 3 is 2.63 bits per heavy atom. The number of ether oxygens (including phenoxy) is 2. The second-order valence-electron chi connectivity index (χ2n) is 7.08. The number of hydrogen-bond acceptors (Lipinski definition) is 6. The zero-order chi connectivity index (χ0) is 20.5. The van der Waals surface area contributed by atoms with Crippen LogP contribution in [-0.2, 0) is 16.0 Å². The Hall–Kier alpha value is -3.49. The highest BCUT2D eigenvalue weighted by molar-refractivity contribution is 5.93. The minimum Gasteiger partial charge on any atom is -0.454 e. The molecule has 0 saturated carbocycles. The molecule has 2 aromatic heterocycles. The average Bonchev–Trinajstić information content (AvgIpc) is 3.40. The van der Waals surface area contributed by atoms with Gasteiger partial charge in [-0.1, -0.05) is 30.3 Å². The summed E-state index contributed by atoms with van der Waals surface area (Å²) in [6.07, 6.45) is 0.337. The number of aromatic nitrogens is 2. The van der Waals surface area contributed by atoms with Gasteiger partial charge in [0.2, 0.25) is 6.29 Å². The lowest BCUT2D eigenvalue weighted by Crippen LogP contribution is -2.17. The number of fused-ring (bicyclic) bond motifs is 1. The van der Waals surface area contributed by atoms with E-state index in [9.17, 15) is 10.1 Å². The summed E-state index contributed by atoms with van der Waals surface area (Å²) in [5.41, 5.74) is 2.36. The maximum atomic E-state index is 11.3. The molecule has 8 nitrogen and oxygen atoms in total. The number of nitrogens with zero attached hydrogens (tertiary/aromatic N) is 3. The van der Waals surface area contributed by atoms with Crippen molar-refractivity contribution in [3.63, 3.8) is 0 Å². The smallest absolute Gasteiger partial charge is 0.271 e. The fourth-order valence-electron chi connectivity index (χ4n) is 3.59. The number of nitro groups is 1. The molecule has 1 aliphatic rings. The van der Waals surface area contributed by atoms with Crippen LogP contribution in [0.2, 0.25) is 0 Å². The minimum atomic E-state index is -0.522. The Morgan fingerprint density at radius 2 is 1.87 bits per heavy atom. The van der Waals surface area contributed by atoms with Crippen LogP contribution in [0.4, 0.5) is 5.69 Å². The molecule has 0 aliphatic carbocycles. The van der Waals surface area contributed by atoms with Crippen molar-refractivity contribution in [2.24, 2.45) is 0 Å². The number of hydrogen-bond donors (Lipinski definition) is 0. The molecule has 8 heteroatoms. The van der Waals surface area contributed by atoms with Crippen molar-refractivity contribution < 1.29 is 18.8 Å². The molecule has 5 rings (SSSR count). The molecule has 0 N–H and O–H groups in total. The Morgan fingerprint density at radius 1 is 1.07 bits per heavy atom. The molecule has 3 heterocycles. The summed E-state index contributed by atoms with van der Waals surface area (Å²) in [5, 5.41) is 16.8. The summed E-state index contributed by atoms with van der Waals surface area (Å²) >= 11 is 0. The summed E-state index contributed by atoms with van der Waals surface area (Å²) < 4.78 is 19.0. The van der Waals surface area contributed by atoms with E-state index in [-0.39, 0.29) is 5.69 Å². The zero-order valence-corrected chi connectivity index (χ0v) is 16.1. The van der Waals surface area contributed by atoms with Crippen LogP contribution in [-0.4, -0.2) is 27.9 Å². The quantitative estimate of drug-likeness (QED) is 0.353. The van der Waals surface area contributed by atoms with Crippen molar-refractivity contribution in [2.45, 2.75) is 19.3 Å². The Labute approximate surface area is 171 Å². The van der Waals surface area contributed by atoms with Gasteiger partial charge < -0.3 is 13.9 Å². The molecule has 0 atom stereocenters. The molecule has 30 heavy (non-hydrogen) atoms. The molecular formula is C22H19N3O5. The van der Waals surface area contributed by atoms with E-state index in [2.05, 4.69) is 0 Å². The molecule has 0 unspecified atom stereocenters. The molecule has 1 fully saturated rings. The van der Waals surface area contributed by atoms with Crippen LogP contribution in [0.25, 0.3) is 22.4 Å². The lowest BCUT2D eigenvalue weighted by atomic mass is 10.1. The largest absolute Gasteiger partial charge is 0.454 e. The van der Waals surface area contributed by atoms with E-state index in [0.29, 0.717) is 42.5 Å². The Balaban J connectivity index is 1.58. The lowest BCUT2D eigenvalue weighted by Gasteiger charge is -2.21. The van der Waals surface area contributed by atoms with Crippen LogP contribution in [0, 0.1) is 10.1 Å². The van der Waals surface area contributed by atoms with Crippen molar-refractivity contribution in [3.8, 4) is 11.5 Å². The fraction of sp³-hybridized carbons (Fsp3) is 0.227. The van der Waals surface area contributed by atoms with Crippen molar-refractivity contribution in [1.82, 2.24) is 9.78 Å². The predicted octanol–water partition coefficient (Wildman–Crippen LogP) is 4.69. The molecule has 0 amide bonds. The van der Waals surface area contributed by atoms with Gasteiger partial charge in [0.05, 0.1) is 30.2 Å². The third-order valence-electron chi connectivity index (χ3n) is 5.04. The highest BCUT2D eigenvalue weighted by Crippen LogP contribution is 2.34. The van der Waals surface area contributed by atoms with Crippen molar-refractivity contribution in [1.29, 1.82) is 0 Å². The molecule has 0 bridgehead atoms. The molecule has 0 spiro atoms. The third-order valence-corrected chi connectivity index (χ3v) is 5.04. The zero-order valence-electron chi connectivity index (χ0n) is 16.1. The highest BCUT2D eigenvalue weighted by Gasteiger charge is 2.23. The number of furan rings is 1. The second kappa shape index (κ2) is 7.74. The molecule has 0 radical (unpaired) electrons. The van der Waals surface area contributed by atoms with Crippen LogP contribution in [0.5, 0.6) is 0 Å². The Bertz CT molecular complexity index is 1190. The van der Waals surface area contributed by atoms with Crippen LogP contribution >= 0.6 is 0 Å². The summed E-state index contributed by atoms with van der Waals surface area (Å²) in [5.74, 6) is 1.14. The van der Waals surface area contributed by atoms with Crippen molar-refractivity contribution >= 4 is 16.6 Å². The monoisotopic (exact) mass is 405 g/mol. The summed E-state index contributed by atoms with van der Waals surface area (Å²) in [6.45, 7) is 1.74. The maximum Gasteiger partial charge on any atom is 0.271 e. The first-order valence-corrected chi connectivity index (χ1v) is 9.71. The van der Waals surface area contributed by atoms with Gasteiger partial charge >= 0.3 is 0 Å². The average molecular weight is 405 g/mol. The lowest BCUT2D eigenvalue weighted by molar-refractivity contribution is -0.384. The third kappa shape index (κ3) is 3.47. The topological polar surface area (TPSA) is 92.6 Å². The van der Waals surface area contributed by atoms with Gasteiger partial charge in [0.1, 0.15) is 5.69 Å². The predicted molar refractivity (Wildman–Crippen MR) is 109 cm³/mol. The molecular weight excluding hydrogens is 386 g/mol. The Kier molecular flexibility index (Phi) is 4.78. The first-order valence-electron chi connectivity index (χ1n) is 9.71. The van der Waals surface area contributed by atoms with Gasteiger partial charge in [-0.3, -0.25) is 14.8 Å². The van der Waals surface area contributed by atoms with Gasteiger partial charge in [0, 0.05) is 17.5 Å². The maximum absolute atomic E-state index is 11.3. The first-order chi connectivity index (χ1) is 14.7. The van der Waals surface area contributed by atoms with Crippen molar-refractivity contribution in [2.75, 3.05) is 13.2 Å². The number of rotatable bonds is 5. The summed E-state index contributed by atoms with van der Waals surface area (Å²) in [7, 11) is 0. The van der Waals surface area contributed by atoms with E-state index < -0.39 is 11.2 Å². The van der Waals surface area contributed by atoms with Gasteiger partial charge in [0.25, 0.3) is 5.69 Å².